The fraction of sp³-hybridized carbons (Fsp3) is 0.600. The molecule has 90 valence electrons. The number of guanidine groups is 1. The van der Waals surface area contributed by atoms with Gasteiger partial charge in [-0.1, -0.05) is 0 Å². The van der Waals surface area contributed by atoms with Crippen LogP contribution < -0.4 is 5.32 Å². The van der Waals surface area contributed by atoms with E-state index in [2.05, 4.69) is 26.4 Å². The number of aliphatic imine (C=N–C) groups is 1. The van der Waals surface area contributed by atoms with Gasteiger partial charge in [-0.25, -0.2) is 0 Å². The first-order valence-corrected chi connectivity index (χ1v) is 5.16. The van der Waals surface area contributed by atoms with Crippen molar-refractivity contribution in [3.05, 3.63) is 17.5 Å². The summed E-state index contributed by atoms with van der Waals surface area (Å²) in [5.74, 6) is 0.980. The zero-order valence-electron chi connectivity index (χ0n) is 9.90. The van der Waals surface area contributed by atoms with Gasteiger partial charge < -0.3 is 10.2 Å². The van der Waals surface area contributed by atoms with Gasteiger partial charge in [0, 0.05) is 20.6 Å². The van der Waals surface area contributed by atoms with Crippen molar-refractivity contribution in [3.63, 3.8) is 0 Å². The van der Waals surface area contributed by atoms with Crippen LogP contribution in [0.5, 0.6) is 0 Å². The van der Waals surface area contributed by atoms with Gasteiger partial charge in [-0.05, 0) is 13.0 Å². The SMILES string of the molecule is Cc1cc(CNC2=NCCN2C)n(C)n1.I. The number of nitrogens with one attached hydrogen (secondary N) is 1. The molecular formula is C10H18IN5. The maximum absolute atomic E-state index is 4.37. The molecule has 0 unspecified atom stereocenters. The second-order valence-corrected chi connectivity index (χ2v) is 3.88. The number of aromatic nitrogens is 2. The molecule has 1 aliphatic rings. The van der Waals surface area contributed by atoms with Gasteiger partial charge in [-0.2, -0.15) is 5.10 Å². The Balaban J connectivity index is 0.00000128. The van der Waals surface area contributed by atoms with Gasteiger partial charge >= 0.3 is 0 Å². The van der Waals surface area contributed by atoms with Gasteiger partial charge in [0.2, 0.25) is 0 Å². The molecule has 1 aromatic heterocycles. The third-order valence-corrected chi connectivity index (χ3v) is 2.59. The third kappa shape index (κ3) is 2.87. The van der Waals surface area contributed by atoms with E-state index in [0.717, 1.165) is 31.3 Å². The molecule has 2 rings (SSSR count). The fourth-order valence-corrected chi connectivity index (χ4v) is 1.72. The molecule has 2 heterocycles. The molecule has 0 atom stereocenters. The number of aryl methyl sites for hydroxylation is 2. The summed E-state index contributed by atoms with van der Waals surface area (Å²) in [6, 6.07) is 2.09. The van der Waals surface area contributed by atoms with Crippen LogP contribution in [0.2, 0.25) is 0 Å². The molecule has 0 aliphatic carbocycles. The number of hydrogen-bond acceptors (Lipinski definition) is 4. The number of likely N-dealkylation sites (N-methyl/N-ethyl adjacent to an activating group) is 1. The van der Waals surface area contributed by atoms with E-state index < -0.39 is 0 Å². The zero-order chi connectivity index (χ0) is 10.8. The molecule has 0 saturated carbocycles. The Morgan fingerprint density at radius 2 is 2.19 bits per heavy atom. The van der Waals surface area contributed by atoms with E-state index in [4.69, 9.17) is 0 Å². The number of hydrogen-bond donors (Lipinski definition) is 1. The molecule has 1 N–H and O–H groups in total. The summed E-state index contributed by atoms with van der Waals surface area (Å²) < 4.78 is 1.90. The van der Waals surface area contributed by atoms with E-state index in [1.165, 1.54) is 5.69 Å². The average Bonchev–Trinajstić information content (AvgIpc) is 2.70. The van der Waals surface area contributed by atoms with Crippen molar-refractivity contribution in [1.82, 2.24) is 20.0 Å². The minimum absolute atomic E-state index is 0. The molecule has 1 aliphatic heterocycles. The normalized spacial score (nSPS) is 14.7. The first-order chi connectivity index (χ1) is 7.16. The van der Waals surface area contributed by atoms with E-state index in [9.17, 15) is 0 Å². The molecule has 0 aromatic carbocycles. The highest BCUT2D eigenvalue weighted by atomic mass is 127. The summed E-state index contributed by atoms with van der Waals surface area (Å²) in [6.45, 7) is 4.68. The first-order valence-electron chi connectivity index (χ1n) is 5.16. The van der Waals surface area contributed by atoms with E-state index in [0.29, 0.717) is 0 Å². The molecule has 6 heteroatoms. The highest BCUT2D eigenvalue weighted by Crippen LogP contribution is 2.02. The van der Waals surface area contributed by atoms with E-state index in [-0.39, 0.29) is 24.0 Å². The molecule has 0 spiro atoms. The van der Waals surface area contributed by atoms with Crippen LogP contribution in [0.3, 0.4) is 0 Å². The smallest absolute Gasteiger partial charge is 0.194 e. The first kappa shape index (κ1) is 13.3. The van der Waals surface area contributed by atoms with Crippen molar-refractivity contribution >= 4 is 29.9 Å². The quantitative estimate of drug-likeness (QED) is 0.811. The van der Waals surface area contributed by atoms with Crippen LogP contribution in [-0.4, -0.2) is 40.8 Å². The second-order valence-electron chi connectivity index (χ2n) is 3.88. The second kappa shape index (κ2) is 5.51. The van der Waals surface area contributed by atoms with Crippen LogP contribution in [0.15, 0.2) is 11.1 Å². The summed E-state index contributed by atoms with van der Waals surface area (Å²) in [6.07, 6.45) is 0. The lowest BCUT2D eigenvalue weighted by Crippen LogP contribution is -2.35. The van der Waals surface area contributed by atoms with Crippen molar-refractivity contribution < 1.29 is 0 Å². The van der Waals surface area contributed by atoms with Crippen LogP contribution in [0, 0.1) is 6.92 Å². The third-order valence-electron chi connectivity index (χ3n) is 2.59. The van der Waals surface area contributed by atoms with E-state index >= 15 is 0 Å². The molecule has 0 fully saturated rings. The summed E-state index contributed by atoms with van der Waals surface area (Å²) in [4.78, 5) is 6.50. The minimum atomic E-state index is 0. The zero-order valence-corrected chi connectivity index (χ0v) is 12.2. The Hall–Kier alpha value is -0.790. The Morgan fingerprint density at radius 1 is 1.44 bits per heavy atom. The molecule has 0 bridgehead atoms. The lowest BCUT2D eigenvalue weighted by molar-refractivity contribution is 0.531. The summed E-state index contributed by atoms with van der Waals surface area (Å²) in [5.41, 5.74) is 2.23. The average molecular weight is 335 g/mol. The van der Waals surface area contributed by atoms with Crippen LogP contribution >= 0.6 is 24.0 Å². The van der Waals surface area contributed by atoms with Crippen LogP contribution in [0.4, 0.5) is 0 Å². The number of rotatable bonds is 2. The molecule has 0 radical (unpaired) electrons. The van der Waals surface area contributed by atoms with Crippen molar-refractivity contribution in [2.45, 2.75) is 13.5 Å². The van der Waals surface area contributed by atoms with Gasteiger partial charge in [0.1, 0.15) is 0 Å². The van der Waals surface area contributed by atoms with Crippen molar-refractivity contribution in [1.29, 1.82) is 0 Å². The van der Waals surface area contributed by atoms with Crippen molar-refractivity contribution in [3.8, 4) is 0 Å². The van der Waals surface area contributed by atoms with E-state index in [1.54, 1.807) is 0 Å². The van der Waals surface area contributed by atoms with Gasteiger partial charge in [0.25, 0.3) is 0 Å². The Labute approximate surface area is 113 Å². The molecule has 0 saturated heterocycles. The van der Waals surface area contributed by atoms with Gasteiger partial charge in [-0.15, -0.1) is 24.0 Å². The lowest BCUT2D eigenvalue weighted by Gasteiger charge is -2.14. The highest BCUT2D eigenvalue weighted by molar-refractivity contribution is 14.0. The summed E-state index contributed by atoms with van der Waals surface area (Å²) in [7, 11) is 4.01. The van der Waals surface area contributed by atoms with Gasteiger partial charge in [0.15, 0.2) is 5.96 Å². The molecule has 16 heavy (non-hydrogen) atoms. The fourth-order valence-electron chi connectivity index (χ4n) is 1.72. The molecule has 0 amide bonds. The Morgan fingerprint density at radius 3 is 2.69 bits per heavy atom. The monoisotopic (exact) mass is 335 g/mol. The Bertz CT molecular complexity index is 385. The Kier molecular flexibility index (Phi) is 4.57. The predicted octanol–water partition coefficient (Wildman–Crippen LogP) is 0.738. The lowest BCUT2D eigenvalue weighted by atomic mass is 10.3. The maximum Gasteiger partial charge on any atom is 0.194 e. The number of nitrogens with zero attached hydrogens (tertiary/aromatic N) is 4. The van der Waals surface area contributed by atoms with Crippen molar-refractivity contribution in [2.75, 3.05) is 20.1 Å². The van der Waals surface area contributed by atoms with Gasteiger partial charge in [0.05, 0.1) is 24.5 Å². The topological polar surface area (TPSA) is 45.5 Å². The predicted molar refractivity (Wildman–Crippen MR) is 75.1 cm³/mol. The maximum atomic E-state index is 4.37. The molecule has 1 aromatic rings. The molecular weight excluding hydrogens is 317 g/mol. The van der Waals surface area contributed by atoms with E-state index in [1.807, 2.05) is 25.7 Å². The van der Waals surface area contributed by atoms with Crippen LogP contribution in [0.25, 0.3) is 0 Å². The van der Waals surface area contributed by atoms with Crippen LogP contribution in [-0.2, 0) is 13.6 Å². The summed E-state index contributed by atoms with van der Waals surface area (Å²) in [5, 5.41) is 7.62. The standard InChI is InChI=1S/C10H17N5.HI/c1-8-6-9(15(3)13-8)7-12-10-11-4-5-14(10)2;/h6H,4-5,7H2,1-3H3,(H,11,12);1H. The summed E-state index contributed by atoms with van der Waals surface area (Å²) >= 11 is 0. The van der Waals surface area contributed by atoms with Crippen molar-refractivity contribution in [2.24, 2.45) is 12.0 Å². The highest BCUT2D eigenvalue weighted by Gasteiger charge is 2.12. The van der Waals surface area contributed by atoms with Crippen LogP contribution in [0.1, 0.15) is 11.4 Å². The number of halogens is 1. The largest absolute Gasteiger partial charge is 0.351 e. The van der Waals surface area contributed by atoms with Gasteiger partial charge in [-0.3, -0.25) is 9.67 Å². The molecule has 5 nitrogen and oxygen atoms in total. The minimum Gasteiger partial charge on any atom is -0.351 e.